The zero-order valence-corrected chi connectivity index (χ0v) is 27.4. The van der Waals surface area contributed by atoms with Crippen LogP contribution in [0.1, 0.15) is 93.0 Å². The van der Waals surface area contributed by atoms with E-state index in [0.29, 0.717) is 12.2 Å². The first-order valence-corrected chi connectivity index (χ1v) is 17.3. The van der Waals surface area contributed by atoms with Crippen LogP contribution in [0.5, 0.6) is 5.75 Å². The van der Waals surface area contributed by atoms with Crippen molar-refractivity contribution in [3.05, 3.63) is 101 Å². The summed E-state index contributed by atoms with van der Waals surface area (Å²) in [6.07, 6.45) is 10.6. The zero-order chi connectivity index (χ0) is 31.5. The second-order valence-corrected chi connectivity index (χ2v) is 13.4. The van der Waals surface area contributed by atoms with Crippen molar-refractivity contribution in [1.82, 2.24) is 10.2 Å². The maximum Gasteiger partial charge on any atom is 0.224 e. The maximum absolute atomic E-state index is 13.7. The van der Waals surface area contributed by atoms with Crippen LogP contribution in [0.15, 0.2) is 78.9 Å². The number of ether oxygens (including phenoxy) is 1. The molecular formula is C40H52N2O3. The first-order chi connectivity index (χ1) is 21.9. The molecule has 1 saturated heterocycles. The van der Waals surface area contributed by atoms with Gasteiger partial charge < -0.3 is 15.0 Å². The summed E-state index contributed by atoms with van der Waals surface area (Å²) < 4.78 is 5.79. The standard InChI is InChI=1S/C40H52N2O3/c1-3-4-28-45-36-18-16-32(17-19-36)11-9-15-35-20-22-40(39(35)44)23-26-42(27-24-40)25-21-37(34-13-6-5-7-14-34)41-38(43)30-33-12-8-10-31(2)29-33/h5-8,10,12-14,16-19,29,35,37H,3-4,9,11,15,20-28,30H2,1-2H3,(H,41,43). The number of likely N-dealkylation sites (tertiary alicyclic amines) is 1. The minimum absolute atomic E-state index is 0.0262. The number of benzene rings is 3. The summed E-state index contributed by atoms with van der Waals surface area (Å²) in [5, 5.41) is 3.32. The van der Waals surface area contributed by atoms with E-state index in [-0.39, 0.29) is 23.3 Å². The van der Waals surface area contributed by atoms with Crippen molar-refractivity contribution in [2.75, 3.05) is 26.2 Å². The van der Waals surface area contributed by atoms with Gasteiger partial charge >= 0.3 is 0 Å². The second kappa shape index (κ2) is 16.2. The molecule has 1 aliphatic carbocycles. The lowest BCUT2D eigenvalue weighted by Gasteiger charge is -2.39. The van der Waals surface area contributed by atoms with Crippen molar-refractivity contribution >= 4 is 11.7 Å². The highest BCUT2D eigenvalue weighted by molar-refractivity contribution is 5.89. The molecule has 2 unspecified atom stereocenters. The SMILES string of the molecule is CCCCOc1ccc(CCCC2CCC3(CCN(CCC(NC(=O)Cc4cccc(C)c4)c4ccccc4)CC3)C2=O)cc1. The zero-order valence-electron chi connectivity index (χ0n) is 27.4. The van der Waals surface area contributed by atoms with Crippen LogP contribution in [0.4, 0.5) is 0 Å². The highest BCUT2D eigenvalue weighted by atomic mass is 16.5. The molecule has 1 heterocycles. The normalized spacial score (nSPS) is 18.6. The van der Waals surface area contributed by atoms with Gasteiger partial charge in [0.15, 0.2) is 0 Å². The lowest BCUT2D eigenvalue weighted by Crippen LogP contribution is -2.44. The molecule has 0 bridgehead atoms. The van der Waals surface area contributed by atoms with Gasteiger partial charge in [-0.1, -0.05) is 85.6 Å². The molecule has 240 valence electrons. The Hall–Kier alpha value is -3.44. The maximum atomic E-state index is 13.7. The average Bonchev–Trinajstić information content (AvgIpc) is 3.35. The number of unbranched alkanes of at least 4 members (excludes halogenated alkanes) is 1. The van der Waals surface area contributed by atoms with Crippen molar-refractivity contribution in [3.8, 4) is 5.75 Å². The smallest absolute Gasteiger partial charge is 0.224 e. The number of piperidine rings is 1. The number of Topliss-reactive ketones (excluding diaryl/α,β-unsaturated/α-hetero) is 1. The summed E-state index contributed by atoms with van der Waals surface area (Å²) in [5.74, 6) is 1.76. The number of rotatable bonds is 15. The van der Waals surface area contributed by atoms with Crippen LogP contribution in [0, 0.1) is 18.3 Å². The highest BCUT2D eigenvalue weighted by Crippen LogP contribution is 2.47. The Morgan fingerprint density at radius 3 is 2.47 bits per heavy atom. The largest absolute Gasteiger partial charge is 0.494 e. The molecule has 5 rings (SSSR count). The van der Waals surface area contributed by atoms with Crippen LogP contribution < -0.4 is 10.1 Å². The molecule has 45 heavy (non-hydrogen) atoms. The van der Waals surface area contributed by atoms with Crippen LogP contribution in [-0.4, -0.2) is 42.8 Å². The third-order valence-corrected chi connectivity index (χ3v) is 10.1. The van der Waals surface area contributed by atoms with Gasteiger partial charge in [0.25, 0.3) is 0 Å². The van der Waals surface area contributed by atoms with Crippen LogP contribution in [0.2, 0.25) is 0 Å². The van der Waals surface area contributed by atoms with Crippen LogP contribution in [0.3, 0.4) is 0 Å². The fraction of sp³-hybridized carbons (Fsp3) is 0.500. The fourth-order valence-corrected chi connectivity index (χ4v) is 7.33. The fourth-order valence-electron chi connectivity index (χ4n) is 7.33. The Kier molecular flexibility index (Phi) is 11.9. The van der Waals surface area contributed by atoms with Crippen molar-refractivity contribution in [2.24, 2.45) is 11.3 Å². The number of hydrogen-bond acceptors (Lipinski definition) is 4. The number of carbonyl (C=O) groups is 2. The summed E-state index contributed by atoms with van der Waals surface area (Å²) >= 11 is 0. The Morgan fingerprint density at radius 2 is 1.73 bits per heavy atom. The number of nitrogens with one attached hydrogen (secondary N) is 1. The van der Waals surface area contributed by atoms with Crippen molar-refractivity contribution in [1.29, 1.82) is 0 Å². The number of carbonyl (C=O) groups excluding carboxylic acids is 2. The van der Waals surface area contributed by atoms with Crippen molar-refractivity contribution in [3.63, 3.8) is 0 Å². The monoisotopic (exact) mass is 608 g/mol. The summed E-state index contributed by atoms with van der Waals surface area (Å²) in [4.78, 5) is 29.2. The molecule has 2 fully saturated rings. The first-order valence-electron chi connectivity index (χ1n) is 17.3. The minimum Gasteiger partial charge on any atom is -0.494 e. The van der Waals surface area contributed by atoms with Gasteiger partial charge in [0.1, 0.15) is 11.5 Å². The van der Waals surface area contributed by atoms with Gasteiger partial charge in [0.2, 0.25) is 5.91 Å². The van der Waals surface area contributed by atoms with E-state index in [1.807, 2.05) is 30.3 Å². The molecule has 1 aliphatic heterocycles. The predicted molar refractivity (Wildman–Crippen MR) is 182 cm³/mol. The third kappa shape index (κ3) is 9.29. The molecule has 5 heteroatoms. The molecule has 5 nitrogen and oxygen atoms in total. The van der Waals surface area contributed by atoms with Crippen LogP contribution in [0.25, 0.3) is 0 Å². The minimum atomic E-state index is -0.112. The Morgan fingerprint density at radius 1 is 0.956 bits per heavy atom. The molecule has 1 N–H and O–H groups in total. The number of hydrogen-bond donors (Lipinski definition) is 1. The van der Waals surface area contributed by atoms with E-state index in [2.05, 4.69) is 72.6 Å². The summed E-state index contributed by atoms with van der Waals surface area (Å²) in [6.45, 7) is 7.85. The Balaban J connectivity index is 1.06. The summed E-state index contributed by atoms with van der Waals surface area (Å²) in [6, 6.07) is 27.0. The number of nitrogens with zero attached hydrogens (tertiary/aromatic N) is 1. The summed E-state index contributed by atoms with van der Waals surface area (Å²) in [7, 11) is 0. The predicted octanol–water partition coefficient (Wildman–Crippen LogP) is 8.05. The van der Waals surface area contributed by atoms with E-state index in [4.69, 9.17) is 4.74 Å². The molecule has 1 spiro atoms. The molecular weight excluding hydrogens is 556 g/mol. The molecule has 2 atom stereocenters. The van der Waals surface area contributed by atoms with Gasteiger partial charge in [-0.15, -0.1) is 0 Å². The molecule has 0 radical (unpaired) electrons. The van der Waals surface area contributed by atoms with Gasteiger partial charge in [0, 0.05) is 17.9 Å². The quantitative estimate of drug-likeness (QED) is 0.177. The van der Waals surface area contributed by atoms with Crippen molar-refractivity contribution in [2.45, 2.75) is 90.5 Å². The lowest BCUT2D eigenvalue weighted by atomic mass is 9.75. The van der Waals surface area contributed by atoms with E-state index >= 15 is 0 Å². The summed E-state index contributed by atoms with van der Waals surface area (Å²) in [5.41, 5.74) is 4.58. The Bertz CT molecular complexity index is 1360. The molecule has 3 aromatic carbocycles. The number of amides is 1. The number of ketones is 1. The first kappa shape index (κ1) is 32.9. The van der Waals surface area contributed by atoms with E-state index < -0.39 is 0 Å². The van der Waals surface area contributed by atoms with Gasteiger partial charge in [0.05, 0.1) is 19.1 Å². The Labute approximate surface area is 270 Å². The second-order valence-electron chi connectivity index (χ2n) is 13.4. The third-order valence-electron chi connectivity index (χ3n) is 10.1. The molecule has 2 aliphatic rings. The molecule has 1 amide bonds. The van der Waals surface area contributed by atoms with E-state index in [1.165, 1.54) is 11.1 Å². The topological polar surface area (TPSA) is 58.6 Å². The van der Waals surface area contributed by atoms with Crippen molar-refractivity contribution < 1.29 is 14.3 Å². The van der Waals surface area contributed by atoms with Crippen LogP contribution >= 0.6 is 0 Å². The van der Waals surface area contributed by atoms with Gasteiger partial charge in [-0.2, -0.15) is 0 Å². The molecule has 0 aromatic heterocycles. The van der Waals surface area contributed by atoms with E-state index in [0.717, 1.165) is 107 Å². The van der Waals surface area contributed by atoms with Gasteiger partial charge in [-0.05, 0) is 107 Å². The molecule has 3 aromatic rings. The van der Waals surface area contributed by atoms with Gasteiger partial charge in [-0.25, -0.2) is 0 Å². The average molecular weight is 609 g/mol. The van der Waals surface area contributed by atoms with E-state index in [1.54, 1.807) is 0 Å². The highest BCUT2D eigenvalue weighted by Gasteiger charge is 2.48. The van der Waals surface area contributed by atoms with Crippen LogP contribution in [-0.2, 0) is 22.4 Å². The molecule has 1 saturated carbocycles. The van der Waals surface area contributed by atoms with Gasteiger partial charge in [-0.3, -0.25) is 9.59 Å². The lowest BCUT2D eigenvalue weighted by molar-refractivity contribution is -0.131. The number of aryl methyl sites for hydroxylation is 2. The van der Waals surface area contributed by atoms with E-state index in [9.17, 15) is 9.59 Å².